The van der Waals surface area contributed by atoms with Crippen molar-refractivity contribution in [3.05, 3.63) is 29.8 Å². The average Bonchev–Trinajstić information content (AvgIpc) is 3.54. The molecule has 0 saturated heterocycles. The second kappa shape index (κ2) is 6.51. The van der Waals surface area contributed by atoms with Crippen molar-refractivity contribution >= 4 is 11.6 Å². The highest BCUT2D eigenvalue weighted by atomic mass is 19.1. The third-order valence-electron chi connectivity index (χ3n) is 4.54. The number of ether oxygens (including phenoxy) is 1. The van der Waals surface area contributed by atoms with Gasteiger partial charge in [0.1, 0.15) is 11.9 Å². The Morgan fingerprint density at radius 1 is 1.40 bits per heavy atom. The van der Waals surface area contributed by atoms with Gasteiger partial charge >= 0.3 is 0 Å². The maximum Gasteiger partial charge on any atom is 0.253 e. The molecule has 7 nitrogen and oxygen atoms in total. The van der Waals surface area contributed by atoms with Crippen LogP contribution in [0.3, 0.4) is 0 Å². The molecule has 2 aliphatic rings. The van der Waals surface area contributed by atoms with Crippen molar-refractivity contribution in [2.24, 2.45) is 5.92 Å². The molecule has 25 heavy (non-hydrogen) atoms. The third kappa shape index (κ3) is 3.68. The zero-order chi connectivity index (χ0) is 17.4. The first-order chi connectivity index (χ1) is 12.1. The van der Waals surface area contributed by atoms with Crippen LogP contribution in [-0.4, -0.2) is 38.8 Å². The largest absolute Gasteiger partial charge is 0.368 e. The summed E-state index contributed by atoms with van der Waals surface area (Å²) in [5.41, 5.74) is 0.719. The van der Waals surface area contributed by atoms with Gasteiger partial charge < -0.3 is 10.1 Å². The second-order valence-electron chi connectivity index (χ2n) is 6.80. The van der Waals surface area contributed by atoms with E-state index >= 15 is 0 Å². The Hall–Kier alpha value is -2.35. The van der Waals surface area contributed by atoms with Crippen LogP contribution in [-0.2, 0) is 9.53 Å². The monoisotopic (exact) mass is 345 g/mol. The first-order valence-electron chi connectivity index (χ1n) is 8.62. The number of hydrogen-bond acceptors (Lipinski definition) is 5. The van der Waals surface area contributed by atoms with Crippen molar-refractivity contribution < 1.29 is 13.9 Å². The summed E-state index contributed by atoms with van der Waals surface area (Å²) in [7, 11) is 0. The van der Waals surface area contributed by atoms with Crippen molar-refractivity contribution in [3.8, 4) is 5.69 Å². The van der Waals surface area contributed by atoms with E-state index in [1.165, 1.54) is 6.07 Å². The maximum atomic E-state index is 14.1. The minimum absolute atomic E-state index is 0.0987. The normalized spacial score (nSPS) is 18.2. The lowest BCUT2D eigenvalue weighted by Crippen LogP contribution is -2.28. The Balaban J connectivity index is 1.49. The number of amides is 1. The summed E-state index contributed by atoms with van der Waals surface area (Å²) in [6, 6.07) is 4.45. The number of benzene rings is 1. The van der Waals surface area contributed by atoms with Gasteiger partial charge in [-0.05, 0) is 67.2 Å². The van der Waals surface area contributed by atoms with Crippen LogP contribution in [0.5, 0.6) is 0 Å². The van der Waals surface area contributed by atoms with Crippen molar-refractivity contribution in [1.82, 2.24) is 20.2 Å². The van der Waals surface area contributed by atoms with Crippen molar-refractivity contribution in [2.45, 2.75) is 44.6 Å². The number of nitrogens with zero attached hydrogens (tertiary/aromatic N) is 4. The smallest absolute Gasteiger partial charge is 0.253 e. The molecule has 132 valence electrons. The van der Waals surface area contributed by atoms with Crippen LogP contribution >= 0.6 is 0 Å². The Labute approximate surface area is 144 Å². The topological polar surface area (TPSA) is 81.9 Å². The molecule has 1 aromatic carbocycles. The molecule has 8 heteroatoms. The summed E-state index contributed by atoms with van der Waals surface area (Å²) in [6.07, 6.45) is 3.79. The fourth-order valence-electron chi connectivity index (χ4n) is 2.59. The van der Waals surface area contributed by atoms with Gasteiger partial charge in [-0.2, -0.15) is 4.68 Å². The minimum atomic E-state index is -0.626. The van der Waals surface area contributed by atoms with E-state index in [2.05, 4.69) is 20.8 Å². The maximum absolute atomic E-state index is 14.1. The Morgan fingerprint density at radius 3 is 2.92 bits per heavy atom. The van der Waals surface area contributed by atoms with Crippen molar-refractivity contribution in [2.75, 3.05) is 11.9 Å². The van der Waals surface area contributed by atoms with Crippen LogP contribution in [0.25, 0.3) is 5.69 Å². The van der Waals surface area contributed by atoms with Gasteiger partial charge in [-0.15, -0.1) is 5.10 Å². The molecular formula is C17H20FN5O2. The van der Waals surface area contributed by atoms with E-state index in [4.69, 9.17) is 4.74 Å². The molecular weight excluding hydrogens is 325 g/mol. The molecule has 2 aromatic rings. The highest BCUT2D eigenvalue weighted by Gasteiger charge is 2.30. The molecule has 0 aliphatic heterocycles. The van der Waals surface area contributed by atoms with Crippen molar-refractivity contribution in [3.63, 3.8) is 0 Å². The van der Waals surface area contributed by atoms with E-state index in [0.717, 1.165) is 31.5 Å². The number of aromatic nitrogens is 4. The van der Waals surface area contributed by atoms with E-state index in [1.807, 2.05) is 0 Å². The highest BCUT2D eigenvalue weighted by molar-refractivity contribution is 5.94. The van der Waals surface area contributed by atoms with E-state index in [-0.39, 0.29) is 11.6 Å². The molecule has 1 amide bonds. The van der Waals surface area contributed by atoms with Crippen LogP contribution in [0.2, 0.25) is 0 Å². The van der Waals surface area contributed by atoms with E-state index in [9.17, 15) is 9.18 Å². The number of rotatable bonds is 7. The molecule has 4 rings (SSSR count). The van der Waals surface area contributed by atoms with Gasteiger partial charge in [0.25, 0.3) is 5.91 Å². The minimum Gasteiger partial charge on any atom is -0.368 e. The second-order valence-corrected chi connectivity index (χ2v) is 6.80. The molecule has 1 aromatic heterocycles. The van der Waals surface area contributed by atoms with Gasteiger partial charge in [0, 0.05) is 5.92 Å². The van der Waals surface area contributed by atoms with Gasteiger partial charge in [-0.1, -0.05) is 0 Å². The van der Waals surface area contributed by atoms with Crippen molar-refractivity contribution in [1.29, 1.82) is 0 Å². The quantitative estimate of drug-likeness (QED) is 0.833. The third-order valence-corrected chi connectivity index (χ3v) is 4.54. The molecule has 1 atom stereocenters. The number of carbonyl (C=O) groups excluding carboxylic acids is 1. The van der Waals surface area contributed by atoms with E-state index < -0.39 is 11.9 Å². The Morgan fingerprint density at radius 2 is 2.20 bits per heavy atom. The molecule has 0 radical (unpaired) electrons. The lowest BCUT2D eigenvalue weighted by molar-refractivity contribution is -0.126. The molecule has 1 unspecified atom stereocenters. The van der Waals surface area contributed by atoms with E-state index in [0.29, 0.717) is 24.1 Å². The van der Waals surface area contributed by atoms with Gasteiger partial charge in [-0.3, -0.25) is 4.79 Å². The van der Waals surface area contributed by atoms with Gasteiger partial charge in [0.2, 0.25) is 0 Å². The Kier molecular flexibility index (Phi) is 4.20. The molecule has 0 spiro atoms. The summed E-state index contributed by atoms with van der Waals surface area (Å²) in [4.78, 5) is 12.2. The van der Waals surface area contributed by atoms with Gasteiger partial charge in [-0.25, -0.2) is 4.39 Å². The summed E-state index contributed by atoms with van der Waals surface area (Å²) in [5.74, 6) is 0.818. The number of carbonyl (C=O) groups is 1. The summed E-state index contributed by atoms with van der Waals surface area (Å²) in [6.45, 7) is 2.25. The van der Waals surface area contributed by atoms with Gasteiger partial charge in [0.15, 0.2) is 5.82 Å². The SMILES string of the molecule is CC(OCC1CC1)C(=O)Nc1cc(-n2nnnc2C2CC2)ccc1F. The molecule has 0 bridgehead atoms. The highest BCUT2D eigenvalue weighted by Crippen LogP contribution is 2.39. The van der Waals surface area contributed by atoms with Crippen LogP contribution in [0, 0.1) is 11.7 Å². The number of halogens is 1. The predicted octanol–water partition coefficient (Wildman–Crippen LogP) is 2.43. The average molecular weight is 345 g/mol. The summed E-state index contributed by atoms with van der Waals surface area (Å²) in [5, 5.41) is 14.3. The zero-order valence-electron chi connectivity index (χ0n) is 14.0. The van der Waals surface area contributed by atoms with Crippen LogP contribution in [0.4, 0.5) is 10.1 Å². The molecule has 1 N–H and O–H groups in total. The fraction of sp³-hybridized carbons (Fsp3) is 0.529. The summed E-state index contributed by atoms with van der Waals surface area (Å²) < 4.78 is 21.2. The predicted molar refractivity (Wildman–Crippen MR) is 87.9 cm³/mol. The molecule has 2 aliphatic carbocycles. The number of hydrogen-bond donors (Lipinski definition) is 1. The number of tetrazole rings is 1. The lowest BCUT2D eigenvalue weighted by Gasteiger charge is -2.14. The fourth-order valence-corrected chi connectivity index (χ4v) is 2.59. The Bertz CT molecular complexity index is 785. The zero-order valence-corrected chi connectivity index (χ0v) is 14.0. The summed E-state index contributed by atoms with van der Waals surface area (Å²) >= 11 is 0. The first kappa shape index (κ1) is 16.1. The van der Waals surface area contributed by atoms with Crippen LogP contribution in [0.15, 0.2) is 18.2 Å². The van der Waals surface area contributed by atoms with Crippen LogP contribution < -0.4 is 5.32 Å². The number of nitrogens with one attached hydrogen (secondary N) is 1. The molecule has 2 saturated carbocycles. The number of anilines is 1. The lowest BCUT2D eigenvalue weighted by atomic mass is 10.2. The van der Waals surface area contributed by atoms with Crippen LogP contribution in [0.1, 0.15) is 44.3 Å². The van der Waals surface area contributed by atoms with Gasteiger partial charge in [0.05, 0.1) is 18.0 Å². The first-order valence-corrected chi connectivity index (χ1v) is 8.62. The molecule has 2 fully saturated rings. The standard InChI is InChI=1S/C17H20FN5O2/c1-10(25-9-11-2-3-11)17(24)19-15-8-13(6-7-14(15)18)23-16(12-4-5-12)20-21-22-23/h6-8,10-12H,2-5,9H2,1H3,(H,19,24). The van der Waals surface area contributed by atoms with E-state index in [1.54, 1.807) is 23.7 Å². The molecule has 1 heterocycles.